The van der Waals surface area contributed by atoms with Crippen molar-refractivity contribution < 1.29 is 4.74 Å². The van der Waals surface area contributed by atoms with Crippen LogP contribution in [0.3, 0.4) is 0 Å². The number of benzene rings is 1. The van der Waals surface area contributed by atoms with Gasteiger partial charge < -0.3 is 4.74 Å². The molecule has 0 radical (unpaired) electrons. The van der Waals surface area contributed by atoms with Crippen molar-refractivity contribution in [3.63, 3.8) is 0 Å². The largest absolute Gasteiger partial charge is 0.424 e. The minimum absolute atomic E-state index is 0.108. The molecule has 1 aromatic carbocycles. The van der Waals surface area contributed by atoms with Crippen molar-refractivity contribution >= 4 is 23.2 Å². The molecule has 6 heteroatoms. The first-order valence-corrected chi connectivity index (χ1v) is 5.21. The number of aromatic nitrogens is 3. The summed E-state index contributed by atoms with van der Waals surface area (Å²) >= 11 is 11.4. The number of halogens is 2. The number of aryl methyl sites for hydroxylation is 1. The Kier molecular flexibility index (Phi) is 3.22. The van der Waals surface area contributed by atoms with E-state index in [1.54, 1.807) is 31.2 Å². The molecule has 1 heterocycles. The Labute approximate surface area is 102 Å². The van der Waals surface area contributed by atoms with Crippen LogP contribution in [0.4, 0.5) is 0 Å². The third-order valence-corrected chi connectivity index (χ3v) is 2.14. The molecule has 0 N–H and O–H groups in total. The van der Waals surface area contributed by atoms with Crippen LogP contribution < -0.4 is 4.74 Å². The van der Waals surface area contributed by atoms with Gasteiger partial charge in [-0.25, -0.2) is 4.98 Å². The minimum Gasteiger partial charge on any atom is -0.424 e. The van der Waals surface area contributed by atoms with E-state index in [2.05, 4.69) is 15.0 Å². The van der Waals surface area contributed by atoms with E-state index >= 15 is 0 Å². The van der Waals surface area contributed by atoms with Crippen LogP contribution in [0, 0.1) is 6.92 Å². The lowest BCUT2D eigenvalue weighted by Crippen LogP contribution is -1.97. The van der Waals surface area contributed by atoms with Gasteiger partial charge in [0.2, 0.25) is 5.28 Å². The first kappa shape index (κ1) is 11.1. The molecular weight excluding hydrogens is 249 g/mol. The van der Waals surface area contributed by atoms with Crippen LogP contribution >= 0.6 is 23.2 Å². The van der Waals surface area contributed by atoms with E-state index in [0.29, 0.717) is 16.6 Å². The smallest absolute Gasteiger partial charge is 0.326 e. The first-order chi connectivity index (χ1) is 7.63. The quantitative estimate of drug-likeness (QED) is 0.827. The third kappa shape index (κ3) is 2.81. The highest BCUT2D eigenvalue weighted by Gasteiger charge is 2.04. The van der Waals surface area contributed by atoms with Gasteiger partial charge in [0.05, 0.1) is 0 Å². The van der Waals surface area contributed by atoms with Crippen molar-refractivity contribution in [2.24, 2.45) is 0 Å². The molecule has 0 atom stereocenters. The molecule has 0 spiro atoms. The molecule has 16 heavy (non-hydrogen) atoms. The number of nitrogens with zero attached hydrogens (tertiary/aromatic N) is 3. The zero-order valence-corrected chi connectivity index (χ0v) is 9.83. The Balaban J connectivity index is 2.23. The van der Waals surface area contributed by atoms with E-state index in [1.165, 1.54) is 0 Å². The number of hydrogen-bond donors (Lipinski definition) is 0. The molecule has 0 saturated heterocycles. The topological polar surface area (TPSA) is 47.9 Å². The zero-order valence-electron chi connectivity index (χ0n) is 8.32. The molecule has 1 aromatic heterocycles. The summed E-state index contributed by atoms with van der Waals surface area (Å²) in [6, 6.07) is 7.03. The second-order valence-electron chi connectivity index (χ2n) is 2.99. The van der Waals surface area contributed by atoms with E-state index in [9.17, 15) is 0 Å². The van der Waals surface area contributed by atoms with Gasteiger partial charge in [-0.1, -0.05) is 11.6 Å². The molecule has 82 valence electrons. The summed E-state index contributed by atoms with van der Waals surface area (Å²) in [5.74, 6) is 1.09. The average molecular weight is 256 g/mol. The highest BCUT2D eigenvalue weighted by molar-refractivity contribution is 6.30. The fourth-order valence-electron chi connectivity index (χ4n) is 1.08. The van der Waals surface area contributed by atoms with Crippen LogP contribution in [-0.4, -0.2) is 15.0 Å². The maximum absolute atomic E-state index is 5.75. The zero-order chi connectivity index (χ0) is 11.5. The van der Waals surface area contributed by atoms with Crippen LogP contribution in [0.5, 0.6) is 11.8 Å². The minimum atomic E-state index is 0.108. The molecule has 2 aromatic rings. The summed E-state index contributed by atoms with van der Waals surface area (Å²) < 4.78 is 5.39. The summed E-state index contributed by atoms with van der Waals surface area (Å²) in [7, 11) is 0. The molecule has 0 amide bonds. The van der Waals surface area contributed by atoms with Gasteiger partial charge in [0.1, 0.15) is 11.6 Å². The van der Waals surface area contributed by atoms with Crippen LogP contribution in [0.15, 0.2) is 24.3 Å². The Morgan fingerprint density at radius 3 is 2.31 bits per heavy atom. The molecule has 0 saturated carbocycles. The number of ether oxygens (including phenoxy) is 1. The Morgan fingerprint density at radius 1 is 1.00 bits per heavy atom. The summed E-state index contributed by atoms with van der Waals surface area (Å²) in [6.07, 6.45) is 0. The predicted molar refractivity (Wildman–Crippen MR) is 61.1 cm³/mol. The highest BCUT2D eigenvalue weighted by atomic mass is 35.5. The van der Waals surface area contributed by atoms with Gasteiger partial charge in [-0.15, -0.1) is 0 Å². The maximum atomic E-state index is 5.75. The van der Waals surface area contributed by atoms with E-state index in [0.717, 1.165) is 0 Å². The van der Waals surface area contributed by atoms with Gasteiger partial charge >= 0.3 is 6.01 Å². The number of rotatable bonds is 2. The van der Waals surface area contributed by atoms with Crippen molar-refractivity contribution in [2.75, 3.05) is 0 Å². The summed E-state index contributed by atoms with van der Waals surface area (Å²) in [4.78, 5) is 11.7. The van der Waals surface area contributed by atoms with Crippen LogP contribution in [0.1, 0.15) is 5.82 Å². The molecule has 0 fully saturated rings. The highest BCUT2D eigenvalue weighted by Crippen LogP contribution is 2.20. The molecule has 0 bridgehead atoms. The second-order valence-corrected chi connectivity index (χ2v) is 3.76. The summed E-state index contributed by atoms with van der Waals surface area (Å²) in [5.41, 5.74) is 0. The maximum Gasteiger partial charge on any atom is 0.326 e. The number of hydrogen-bond acceptors (Lipinski definition) is 4. The van der Waals surface area contributed by atoms with Crippen molar-refractivity contribution in [1.82, 2.24) is 15.0 Å². The van der Waals surface area contributed by atoms with Gasteiger partial charge in [-0.05, 0) is 42.8 Å². The van der Waals surface area contributed by atoms with Crippen LogP contribution in [0.2, 0.25) is 10.3 Å². The lowest BCUT2D eigenvalue weighted by molar-refractivity contribution is 0.437. The second kappa shape index (κ2) is 4.63. The summed E-state index contributed by atoms with van der Waals surface area (Å²) in [6.45, 7) is 1.71. The molecule has 2 rings (SSSR count). The normalized spacial score (nSPS) is 10.2. The Morgan fingerprint density at radius 2 is 1.69 bits per heavy atom. The molecule has 4 nitrogen and oxygen atoms in total. The molecule has 0 aliphatic carbocycles. The van der Waals surface area contributed by atoms with Crippen molar-refractivity contribution in [2.45, 2.75) is 6.92 Å². The van der Waals surface area contributed by atoms with Crippen molar-refractivity contribution in [3.05, 3.63) is 40.4 Å². The van der Waals surface area contributed by atoms with E-state index in [-0.39, 0.29) is 11.3 Å². The van der Waals surface area contributed by atoms with E-state index in [1.807, 2.05) is 0 Å². The van der Waals surface area contributed by atoms with Crippen LogP contribution in [-0.2, 0) is 0 Å². The van der Waals surface area contributed by atoms with Crippen molar-refractivity contribution in [1.29, 1.82) is 0 Å². The van der Waals surface area contributed by atoms with E-state index < -0.39 is 0 Å². The van der Waals surface area contributed by atoms with Gasteiger partial charge in [0.15, 0.2) is 0 Å². The predicted octanol–water partition coefficient (Wildman–Crippen LogP) is 3.28. The van der Waals surface area contributed by atoms with E-state index in [4.69, 9.17) is 27.9 Å². The lowest BCUT2D eigenvalue weighted by atomic mass is 10.3. The molecular formula is C10H7Cl2N3O. The monoisotopic (exact) mass is 255 g/mol. The molecule has 0 aliphatic rings. The summed E-state index contributed by atoms with van der Waals surface area (Å²) in [5, 5.41) is 0.744. The van der Waals surface area contributed by atoms with Crippen molar-refractivity contribution in [3.8, 4) is 11.8 Å². The standard InChI is InChI=1S/C10H7Cl2N3O/c1-6-13-9(12)15-10(14-6)16-8-4-2-7(11)3-5-8/h2-5H,1H3. The van der Waals surface area contributed by atoms with Gasteiger partial charge in [-0.2, -0.15) is 9.97 Å². The average Bonchev–Trinajstić information content (AvgIpc) is 2.20. The Hall–Kier alpha value is -1.39. The van der Waals surface area contributed by atoms with Gasteiger partial charge in [-0.3, -0.25) is 0 Å². The molecule has 0 unspecified atom stereocenters. The fraction of sp³-hybridized carbons (Fsp3) is 0.100. The van der Waals surface area contributed by atoms with Gasteiger partial charge in [0.25, 0.3) is 0 Å². The lowest BCUT2D eigenvalue weighted by Gasteiger charge is -2.03. The first-order valence-electron chi connectivity index (χ1n) is 4.45. The Bertz CT molecular complexity index is 482. The third-order valence-electron chi connectivity index (χ3n) is 1.72. The fourth-order valence-corrected chi connectivity index (χ4v) is 1.40. The SMILES string of the molecule is Cc1nc(Cl)nc(Oc2ccc(Cl)cc2)n1. The molecule has 0 aliphatic heterocycles. The van der Waals surface area contributed by atoms with Gasteiger partial charge in [0, 0.05) is 5.02 Å². The van der Waals surface area contributed by atoms with Crippen LogP contribution in [0.25, 0.3) is 0 Å².